The van der Waals surface area contributed by atoms with Gasteiger partial charge in [-0.2, -0.15) is 0 Å². The minimum atomic E-state index is -0.668. The third-order valence-electron chi connectivity index (χ3n) is 8.65. The molecule has 0 bridgehead atoms. The number of oxazole rings is 1. The predicted molar refractivity (Wildman–Crippen MR) is 171 cm³/mol. The Hall–Kier alpha value is -4.18. The summed E-state index contributed by atoms with van der Waals surface area (Å²) in [5.41, 5.74) is 5.20. The monoisotopic (exact) mass is 610 g/mol. The minimum absolute atomic E-state index is 0.179. The Morgan fingerprint density at radius 1 is 1.00 bits per heavy atom. The smallest absolute Gasteiger partial charge is 0.251 e. The number of aryl methyl sites for hydroxylation is 1. The van der Waals surface area contributed by atoms with E-state index in [-0.39, 0.29) is 18.6 Å². The van der Waals surface area contributed by atoms with Crippen LogP contribution in [-0.4, -0.2) is 70.7 Å². The summed E-state index contributed by atoms with van der Waals surface area (Å²) in [6.07, 6.45) is 3.77. The number of amides is 1. The van der Waals surface area contributed by atoms with Crippen molar-refractivity contribution in [3.63, 3.8) is 0 Å². The van der Waals surface area contributed by atoms with Crippen LogP contribution in [0.2, 0.25) is 0 Å². The molecule has 0 spiro atoms. The quantitative estimate of drug-likeness (QED) is 0.237. The van der Waals surface area contributed by atoms with E-state index in [1.54, 1.807) is 12.1 Å². The van der Waals surface area contributed by atoms with Crippen LogP contribution < -0.4 is 14.8 Å². The van der Waals surface area contributed by atoms with Gasteiger partial charge in [0.1, 0.15) is 24.2 Å². The number of carbonyl (C=O) groups is 1. The molecule has 1 saturated heterocycles. The Morgan fingerprint density at radius 3 is 2.53 bits per heavy atom. The molecule has 9 nitrogen and oxygen atoms in total. The summed E-state index contributed by atoms with van der Waals surface area (Å²) in [5, 5.41) is 13.6. The number of aliphatic hydroxyl groups is 1. The van der Waals surface area contributed by atoms with Gasteiger partial charge in [0.2, 0.25) is 0 Å². The standard InChI is InChI=1S/C36H42N4O5/c1-26-35(44-25-38-26)24-43-34-12-9-30-22-40(16-13-29(30)19-34)23-31(41)20-37-36(42)28-7-10-32(11-8-28)45-33-14-17-39(18-15-33)21-27-5-3-2-4-6-27/h2-12,19,25,31,33,41H,13-18,20-24H2,1H3,(H,37,42)/t31-/m0/s1. The van der Waals surface area contributed by atoms with Crippen molar-refractivity contribution in [1.82, 2.24) is 20.1 Å². The predicted octanol–water partition coefficient (Wildman–Crippen LogP) is 4.75. The summed E-state index contributed by atoms with van der Waals surface area (Å²) in [4.78, 5) is 21.6. The summed E-state index contributed by atoms with van der Waals surface area (Å²) in [6, 6.07) is 24.0. The molecule has 0 radical (unpaired) electrons. The number of aromatic nitrogens is 1. The largest absolute Gasteiger partial charge is 0.490 e. The van der Waals surface area contributed by atoms with Crippen molar-refractivity contribution in [2.75, 3.05) is 32.7 Å². The number of ether oxygens (including phenoxy) is 2. The number of benzene rings is 3. The molecule has 1 amide bonds. The van der Waals surface area contributed by atoms with E-state index in [2.05, 4.69) is 62.6 Å². The van der Waals surface area contributed by atoms with E-state index in [9.17, 15) is 9.90 Å². The van der Waals surface area contributed by atoms with Crippen molar-refractivity contribution in [2.24, 2.45) is 0 Å². The van der Waals surface area contributed by atoms with Gasteiger partial charge >= 0.3 is 0 Å². The normalized spacial score (nSPS) is 16.6. The van der Waals surface area contributed by atoms with E-state index < -0.39 is 6.10 Å². The fourth-order valence-electron chi connectivity index (χ4n) is 6.03. The number of aliphatic hydroxyl groups excluding tert-OH is 1. The van der Waals surface area contributed by atoms with Crippen molar-refractivity contribution < 1.29 is 23.8 Å². The van der Waals surface area contributed by atoms with Gasteiger partial charge in [-0.15, -0.1) is 0 Å². The molecule has 0 unspecified atom stereocenters. The molecule has 2 N–H and O–H groups in total. The molecule has 2 aliphatic heterocycles. The van der Waals surface area contributed by atoms with E-state index in [1.165, 1.54) is 23.1 Å². The van der Waals surface area contributed by atoms with Gasteiger partial charge in [-0.25, -0.2) is 4.98 Å². The van der Waals surface area contributed by atoms with Crippen molar-refractivity contribution in [2.45, 2.75) is 58.1 Å². The third-order valence-corrected chi connectivity index (χ3v) is 8.65. The van der Waals surface area contributed by atoms with E-state index in [4.69, 9.17) is 13.9 Å². The maximum atomic E-state index is 12.8. The highest BCUT2D eigenvalue weighted by Crippen LogP contribution is 2.25. The lowest BCUT2D eigenvalue weighted by Gasteiger charge is -2.32. The first-order valence-corrected chi connectivity index (χ1v) is 15.8. The Kier molecular flexibility index (Phi) is 10.1. The van der Waals surface area contributed by atoms with E-state index in [0.29, 0.717) is 18.7 Å². The van der Waals surface area contributed by atoms with Gasteiger partial charge in [-0.1, -0.05) is 36.4 Å². The second-order valence-corrected chi connectivity index (χ2v) is 12.0. The summed E-state index contributed by atoms with van der Waals surface area (Å²) in [5.74, 6) is 2.11. The van der Waals surface area contributed by atoms with Crippen molar-refractivity contribution >= 4 is 5.91 Å². The van der Waals surface area contributed by atoms with Gasteiger partial charge in [0.05, 0.1) is 11.8 Å². The van der Waals surface area contributed by atoms with Crippen LogP contribution in [0, 0.1) is 6.92 Å². The van der Waals surface area contributed by atoms with Crippen molar-refractivity contribution in [1.29, 1.82) is 0 Å². The molecule has 1 atom stereocenters. The molecule has 2 aliphatic rings. The van der Waals surface area contributed by atoms with Crippen LogP contribution in [0.25, 0.3) is 0 Å². The lowest BCUT2D eigenvalue weighted by molar-refractivity contribution is 0.0841. The summed E-state index contributed by atoms with van der Waals surface area (Å²) < 4.78 is 17.5. The van der Waals surface area contributed by atoms with Gasteiger partial charge < -0.3 is 24.3 Å². The fraction of sp³-hybridized carbons (Fsp3) is 0.389. The van der Waals surface area contributed by atoms with Gasteiger partial charge in [-0.05, 0) is 79.3 Å². The zero-order chi connectivity index (χ0) is 31.0. The number of β-amino-alcohol motifs (C(OH)–C–C–N with tert-alkyl or cyclic N) is 1. The number of nitrogens with zero attached hydrogens (tertiary/aromatic N) is 3. The number of piperidine rings is 1. The number of rotatable bonds is 12. The molecule has 1 aromatic heterocycles. The summed E-state index contributed by atoms with van der Waals surface area (Å²) in [7, 11) is 0. The molecule has 0 aliphatic carbocycles. The molecule has 0 saturated carbocycles. The highest BCUT2D eigenvalue weighted by molar-refractivity contribution is 5.94. The van der Waals surface area contributed by atoms with Crippen LogP contribution in [0.5, 0.6) is 11.5 Å². The summed E-state index contributed by atoms with van der Waals surface area (Å²) >= 11 is 0. The average molecular weight is 611 g/mol. The Morgan fingerprint density at radius 2 is 1.78 bits per heavy atom. The second kappa shape index (κ2) is 14.7. The number of hydrogen-bond acceptors (Lipinski definition) is 8. The van der Waals surface area contributed by atoms with Crippen LogP contribution in [-0.2, 0) is 26.1 Å². The molecule has 3 aromatic carbocycles. The SMILES string of the molecule is Cc1ncoc1COc1ccc2c(c1)CCN(C[C@@H](O)CNC(=O)c1ccc(OC3CCN(Cc4ccccc4)CC3)cc1)C2. The molecule has 4 aromatic rings. The van der Waals surface area contributed by atoms with Gasteiger partial charge in [0, 0.05) is 51.4 Å². The van der Waals surface area contributed by atoms with Gasteiger partial charge in [0.25, 0.3) is 5.91 Å². The highest BCUT2D eigenvalue weighted by atomic mass is 16.5. The molecule has 1 fully saturated rings. The van der Waals surface area contributed by atoms with Crippen LogP contribution in [0.15, 0.2) is 83.6 Å². The van der Waals surface area contributed by atoms with Crippen LogP contribution in [0.3, 0.4) is 0 Å². The molecular weight excluding hydrogens is 568 g/mol. The molecule has 6 rings (SSSR count). The zero-order valence-electron chi connectivity index (χ0n) is 25.9. The number of fused-ring (bicyclic) bond motifs is 1. The first-order chi connectivity index (χ1) is 22.0. The molecule has 236 valence electrons. The average Bonchev–Trinajstić information content (AvgIpc) is 3.48. The molecule has 9 heteroatoms. The van der Waals surface area contributed by atoms with E-state index >= 15 is 0 Å². The first kappa shape index (κ1) is 30.8. The van der Waals surface area contributed by atoms with Crippen molar-refractivity contribution in [3.8, 4) is 11.5 Å². The Bertz CT molecular complexity index is 1530. The van der Waals surface area contributed by atoms with E-state index in [1.807, 2.05) is 25.1 Å². The maximum Gasteiger partial charge on any atom is 0.251 e. The molecule has 45 heavy (non-hydrogen) atoms. The Labute approximate surface area is 264 Å². The highest BCUT2D eigenvalue weighted by Gasteiger charge is 2.22. The molecule has 3 heterocycles. The number of likely N-dealkylation sites (tertiary alicyclic amines) is 1. The number of carbonyl (C=O) groups excluding carboxylic acids is 1. The van der Waals surface area contributed by atoms with Crippen LogP contribution in [0.4, 0.5) is 0 Å². The molecular formula is C36H42N4O5. The Balaban J connectivity index is 0.897. The van der Waals surface area contributed by atoms with Crippen LogP contribution >= 0.6 is 0 Å². The van der Waals surface area contributed by atoms with E-state index in [0.717, 1.165) is 74.9 Å². The topological polar surface area (TPSA) is 100 Å². The zero-order valence-corrected chi connectivity index (χ0v) is 25.9. The van der Waals surface area contributed by atoms with Gasteiger partial charge in [-0.3, -0.25) is 14.6 Å². The third kappa shape index (κ3) is 8.51. The van der Waals surface area contributed by atoms with Crippen molar-refractivity contribution in [3.05, 3.63) is 113 Å². The van der Waals surface area contributed by atoms with Gasteiger partial charge in [0.15, 0.2) is 12.2 Å². The van der Waals surface area contributed by atoms with Crippen LogP contribution in [0.1, 0.15) is 51.3 Å². The number of hydrogen-bond donors (Lipinski definition) is 2. The summed E-state index contributed by atoms with van der Waals surface area (Å²) in [6.45, 7) is 7.49. The first-order valence-electron chi connectivity index (χ1n) is 15.8. The lowest BCUT2D eigenvalue weighted by atomic mass is 9.99. The lowest BCUT2D eigenvalue weighted by Crippen LogP contribution is -2.42. The number of nitrogens with one attached hydrogen (secondary N) is 1. The second-order valence-electron chi connectivity index (χ2n) is 12.0. The minimum Gasteiger partial charge on any atom is -0.490 e. The maximum absolute atomic E-state index is 12.8. The fourth-order valence-corrected chi connectivity index (χ4v) is 6.03.